The molecule has 1 saturated heterocycles. The fourth-order valence-electron chi connectivity index (χ4n) is 1.91. The Morgan fingerprint density at radius 3 is 3.00 bits per heavy atom. The third kappa shape index (κ3) is 2.20. The molecule has 1 fully saturated rings. The molecule has 1 aromatic heterocycles. The van der Waals surface area contributed by atoms with Gasteiger partial charge in [0.1, 0.15) is 5.82 Å². The van der Waals surface area contributed by atoms with E-state index in [1.54, 1.807) is 12.4 Å². The van der Waals surface area contributed by atoms with Crippen LogP contribution in [0.2, 0.25) is 0 Å². The first-order chi connectivity index (χ1) is 6.86. The Balaban J connectivity index is 1.99. The summed E-state index contributed by atoms with van der Waals surface area (Å²) in [6.07, 6.45) is 6.82. The van der Waals surface area contributed by atoms with Crippen LogP contribution >= 0.6 is 0 Å². The van der Waals surface area contributed by atoms with Crippen molar-refractivity contribution in [3.8, 4) is 0 Å². The van der Waals surface area contributed by atoms with Crippen molar-refractivity contribution in [1.82, 2.24) is 15.3 Å². The summed E-state index contributed by atoms with van der Waals surface area (Å²) in [6, 6.07) is 0. The number of nitrogen functional groups attached to an aromatic ring is 1. The van der Waals surface area contributed by atoms with E-state index in [9.17, 15) is 0 Å². The predicted octanol–water partition coefficient (Wildman–Crippen LogP) is 0.601. The number of aromatic nitrogens is 2. The number of hydrogen-bond donors (Lipinski definition) is 2. The van der Waals surface area contributed by atoms with Crippen LogP contribution in [0.3, 0.4) is 0 Å². The van der Waals surface area contributed by atoms with Crippen molar-refractivity contribution in [2.24, 2.45) is 5.92 Å². The maximum absolute atomic E-state index is 5.74. The van der Waals surface area contributed by atoms with Crippen molar-refractivity contribution in [2.75, 3.05) is 18.8 Å². The van der Waals surface area contributed by atoms with Gasteiger partial charge in [0.2, 0.25) is 0 Å². The van der Waals surface area contributed by atoms with Gasteiger partial charge >= 0.3 is 0 Å². The van der Waals surface area contributed by atoms with Gasteiger partial charge < -0.3 is 11.1 Å². The Hall–Kier alpha value is -1.16. The van der Waals surface area contributed by atoms with Crippen LogP contribution in [-0.4, -0.2) is 23.1 Å². The van der Waals surface area contributed by atoms with Crippen LogP contribution in [0, 0.1) is 5.92 Å². The molecule has 0 amide bonds. The fraction of sp³-hybridized carbons (Fsp3) is 0.600. The second-order valence-electron chi connectivity index (χ2n) is 3.80. The molecule has 1 aliphatic heterocycles. The lowest BCUT2D eigenvalue weighted by Gasteiger charge is -2.22. The topological polar surface area (TPSA) is 63.8 Å². The molecule has 0 bridgehead atoms. The predicted molar refractivity (Wildman–Crippen MR) is 55.7 cm³/mol. The number of anilines is 1. The monoisotopic (exact) mass is 192 g/mol. The molecule has 0 radical (unpaired) electrons. The maximum atomic E-state index is 5.74. The number of nitrogens with two attached hydrogens (primary N) is 1. The lowest BCUT2D eigenvalue weighted by atomic mass is 9.94. The SMILES string of the molecule is Nc1nccnc1C[C@H]1CCCNC1. The van der Waals surface area contributed by atoms with Crippen LogP contribution in [-0.2, 0) is 6.42 Å². The molecule has 2 heterocycles. The highest BCUT2D eigenvalue weighted by molar-refractivity contribution is 5.33. The molecule has 0 spiro atoms. The van der Waals surface area contributed by atoms with Crippen LogP contribution in [0.5, 0.6) is 0 Å². The number of rotatable bonds is 2. The smallest absolute Gasteiger partial charge is 0.145 e. The second kappa shape index (κ2) is 4.37. The molecule has 2 rings (SSSR count). The number of nitrogens with zero attached hydrogens (tertiary/aromatic N) is 2. The van der Waals surface area contributed by atoms with Gasteiger partial charge in [0.25, 0.3) is 0 Å². The number of hydrogen-bond acceptors (Lipinski definition) is 4. The van der Waals surface area contributed by atoms with Gasteiger partial charge in [0, 0.05) is 12.4 Å². The van der Waals surface area contributed by atoms with E-state index >= 15 is 0 Å². The average Bonchev–Trinajstić information content (AvgIpc) is 2.23. The number of piperidine rings is 1. The molecule has 1 atom stereocenters. The summed E-state index contributed by atoms with van der Waals surface area (Å²) in [7, 11) is 0. The zero-order chi connectivity index (χ0) is 9.80. The quantitative estimate of drug-likeness (QED) is 0.720. The zero-order valence-corrected chi connectivity index (χ0v) is 8.24. The van der Waals surface area contributed by atoms with Gasteiger partial charge in [-0.3, -0.25) is 4.98 Å². The molecule has 1 aromatic rings. The largest absolute Gasteiger partial charge is 0.382 e. The van der Waals surface area contributed by atoms with Crippen LogP contribution in [0.4, 0.5) is 5.82 Å². The molecule has 4 nitrogen and oxygen atoms in total. The lowest BCUT2D eigenvalue weighted by Crippen LogP contribution is -2.31. The van der Waals surface area contributed by atoms with Crippen molar-refractivity contribution < 1.29 is 0 Å². The molecule has 0 aromatic carbocycles. The van der Waals surface area contributed by atoms with Crippen molar-refractivity contribution >= 4 is 5.82 Å². The van der Waals surface area contributed by atoms with E-state index in [2.05, 4.69) is 15.3 Å². The first-order valence-corrected chi connectivity index (χ1v) is 5.12. The van der Waals surface area contributed by atoms with Crippen LogP contribution < -0.4 is 11.1 Å². The van der Waals surface area contributed by atoms with Gasteiger partial charge in [-0.2, -0.15) is 0 Å². The molecule has 0 aliphatic carbocycles. The molecule has 4 heteroatoms. The molecule has 14 heavy (non-hydrogen) atoms. The molecular formula is C10H16N4. The van der Waals surface area contributed by atoms with E-state index in [-0.39, 0.29) is 0 Å². The first-order valence-electron chi connectivity index (χ1n) is 5.12. The fourth-order valence-corrected chi connectivity index (χ4v) is 1.91. The summed E-state index contributed by atoms with van der Waals surface area (Å²) in [5.74, 6) is 1.25. The highest BCUT2D eigenvalue weighted by atomic mass is 14.9. The van der Waals surface area contributed by atoms with Crippen LogP contribution in [0.25, 0.3) is 0 Å². The summed E-state index contributed by atoms with van der Waals surface area (Å²) in [5.41, 5.74) is 6.69. The third-order valence-corrected chi connectivity index (χ3v) is 2.69. The summed E-state index contributed by atoms with van der Waals surface area (Å²) in [5, 5.41) is 3.39. The molecular weight excluding hydrogens is 176 g/mol. The summed E-state index contributed by atoms with van der Waals surface area (Å²) in [6.45, 7) is 2.22. The van der Waals surface area contributed by atoms with Crippen molar-refractivity contribution in [2.45, 2.75) is 19.3 Å². The van der Waals surface area contributed by atoms with E-state index in [4.69, 9.17) is 5.73 Å². The Bertz CT molecular complexity index is 294. The minimum atomic E-state index is 0.582. The second-order valence-corrected chi connectivity index (χ2v) is 3.80. The van der Waals surface area contributed by atoms with E-state index in [1.165, 1.54) is 12.8 Å². The van der Waals surface area contributed by atoms with Gasteiger partial charge in [0.05, 0.1) is 5.69 Å². The Kier molecular flexibility index (Phi) is 2.93. The van der Waals surface area contributed by atoms with Crippen molar-refractivity contribution in [3.63, 3.8) is 0 Å². The lowest BCUT2D eigenvalue weighted by molar-refractivity contribution is 0.373. The molecule has 0 saturated carbocycles. The molecule has 3 N–H and O–H groups in total. The minimum absolute atomic E-state index is 0.582. The standard InChI is InChI=1S/C10H16N4/c11-10-9(13-4-5-14-10)6-8-2-1-3-12-7-8/h4-5,8,12H,1-3,6-7H2,(H2,11,14)/t8-/m1/s1. The van der Waals surface area contributed by atoms with Crippen LogP contribution in [0.1, 0.15) is 18.5 Å². The summed E-state index contributed by atoms with van der Waals surface area (Å²) >= 11 is 0. The highest BCUT2D eigenvalue weighted by Crippen LogP contribution is 2.17. The number of nitrogens with one attached hydrogen (secondary N) is 1. The third-order valence-electron chi connectivity index (χ3n) is 2.69. The van der Waals surface area contributed by atoms with Gasteiger partial charge in [0.15, 0.2) is 0 Å². The first kappa shape index (κ1) is 9.40. The Morgan fingerprint density at radius 1 is 1.43 bits per heavy atom. The minimum Gasteiger partial charge on any atom is -0.382 e. The van der Waals surface area contributed by atoms with E-state index < -0.39 is 0 Å². The van der Waals surface area contributed by atoms with Crippen molar-refractivity contribution in [3.05, 3.63) is 18.1 Å². The summed E-state index contributed by atoms with van der Waals surface area (Å²) < 4.78 is 0. The molecule has 76 valence electrons. The van der Waals surface area contributed by atoms with Gasteiger partial charge in [-0.1, -0.05) is 0 Å². The van der Waals surface area contributed by atoms with Gasteiger partial charge in [-0.15, -0.1) is 0 Å². The van der Waals surface area contributed by atoms with Crippen LogP contribution in [0.15, 0.2) is 12.4 Å². The highest BCUT2D eigenvalue weighted by Gasteiger charge is 2.15. The van der Waals surface area contributed by atoms with E-state index in [1.807, 2.05) is 0 Å². The summed E-state index contributed by atoms with van der Waals surface area (Å²) in [4.78, 5) is 8.30. The maximum Gasteiger partial charge on any atom is 0.145 e. The van der Waals surface area contributed by atoms with E-state index in [0.29, 0.717) is 11.7 Å². The van der Waals surface area contributed by atoms with Crippen molar-refractivity contribution in [1.29, 1.82) is 0 Å². The molecule has 0 unspecified atom stereocenters. The average molecular weight is 192 g/mol. The normalized spacial score (nSPS) is 22.1. The van der Waals surface area contributed by atoms with E-state index in [0.717, 1.165) is 25.2 Å². The zero-order valence-electron chi connectivity index (χ0n) is 8.24. The van der Waals surface area contributed by atoms with Gasteiger partial charge in [-0.05, 0) is 38.3 Å². The Labute approximate surface area is 83.9 Å². The molecule has 1 aliphatic rings. The Morgan fingerprint density at radius 2 is 2.29 bits per heavy atom. The van der Waals surface area contributed by atoms with Gasteiger partial charge in [-0.25, -0.2) is 4.98 Å².